The van der Waals surface area contributed by atoms with E-state index in [1.54, 1.807) is 6.92 Å². The first-order valence-electron chi connectivity index (χ1n) is 4.04. The number of aliphatic carboxylic acids is 1. The van der Waals surface area contributed by atoms with Gasteiger partial charge in [0.05, 0.1) is 19.8 Å². The molecular formula is C9H18O5. The van der Waals surface area contributed by atoms with Crippen LogP contribution >= 0.6 is 0 Å². The van der Waals surface area contributed by atoms with Crippen LogP contribution in [0.3, 0.4) is 0 Å². The molecule has 14 heavy (non-hydrogen) atoms. The first-order valence-corrected chi connectivity index (χ1v) is 4.04. The van der Waals surface area contributed by atoms with Crippen LogP contribution in [-0.2, 0) is 4.79 Å². The first-order chi connectivity index (χ1) is 6.32. The summed E-state index contributed by atoms with van der Waals surface area (Å²) in [7, 11) is 0. The number of hydrogen-bond acceptors (Lipinski definition) is 4. The Balaban J connectivity index is 0. The Morgan fingerprint density at radius 3 is 1.43 bits per heavy atom. The standard InChI is InChI=1S/C5H12O3.C4H6O2/c1-5(2-6,3-7)4-8;1-3(2)4(5)6/h6-8H,2-4H2,1H3;1H2,2H3,(H,5,6). The highest BCUT2D eigenvalue weighted by Gasteiger charge is 2.20. The Hall–Kier alpha value is -0.910. The quantitative estimate of drug-likeness (QED) is 0.470. The maximum atomic E-state index is 9.60. The Kier molecular flexibility index (Phi) is 8.32. The number of rotatable bonds is 4. The van der Waals surface area contributed by atoms with E-state index in [2.05, 4.69) is 6.58 Å². The molecule has 0 rings (SSSR count). The summed E-state index contributed by atoms with van der Waals surface area (Å²) < 4.78 is 0. The average Bonchev–Trinajstić information content (AvgIpc) is 2.17. The van der Waals surface area contributed by atoms with Crippen LogP contribution in [0.15, 0.2) is 12.2 Å². The van der Waals surface area contributed by atoms with Gasteiger partial charge < -0.3 is 20.4 Å². The van der Waals surface area contributed by atoms with Gasteiger partial charge in [0.15, 0.2) is 0 Å². The molecule has 0 atom stereocenters. The molecule has 0 aromatic carbocycles. The number of aliphatic hydroxyl groups excluding tert-OH is 3. The van der Waals surface area contributed by atoms with Crippen LogP contribution in [0.2, 0.25) is 0 Å². The van der Waals surface area contributed by atoms with Gasteiger partial charge in [0.25, 0.3) is 0 Å². The molecule has 5 nitrogen and oxygen atoms in total. The molecule has 0 amide bonds. The number of carbonyl (C=O) groups is 1. The summed E-state index contributed by atoms with van der Waals surface area (Å²) in [4.78, 5) is 9.60. The predicted molar refractivity (Wildman–Crippen MR) is 51.8 cm³/mol. The number of hydrogen-bond donors (Lipinski definition) is 4. The largest absolute Gasteiger partial charge is 0.478 e. The van der Waals surface area contributed by atoms with Crippen molar-refractivity contribution in [3.63, 3.8) is 0 Å². The van der Waals surface area contributed by atoms with Gasteiger partial charge in [-0.15, -0.1) is 0 Å². The molecule has 0 saturated carbocycles. The summed E-state index contributed by atoms with van der Waals surface area (Å²) >= 11 is 0. The zero-order valence-electron chi connectivity index (χ0n) is 8.53. The van der Waals surface area contributed by atoms with Crippen molar-refractivity contribution in [2.75, 3.05) is 19.8 Å². The second-order valence-electron chi connectivity index (χ2n) is 3.37. The van der Waals surface area contributed by atoms with Crippen LogP contribution in [0.5, 0.6) is 0 Å². The summed E-state index contributed by atoms with van der Waals surface area (Å²) in [6.07, 6.45) is 0. The molecule has 0 heterocycles. The molecule has 0 unspecified atom stereocenters. The third kappa shape index (κ3) is 7.72. The zero-order chi connectivity index (χ0) is 11.8. The molecule has 0 radical (unpaired) electrons. The maximum Gasteiger partial charge on any atom is 0.330 e. The van der Waals surface area contributed by atoms with Gasteiger partial charge in [0.1, 0.15) is 0 Å². The summed E-state index contributed by atoms with van der Waals surface area (Å²) in [5.74, 6) is -0.935. The lowest BCUT2D eigenvalue weighted by Crippen LogP contribution is -2.29. The monoisotopic (exact) mass is 206 g/mol. The number of carboxylic acids is 1. The Labute approximate surface area is 83.3 Å². The minimum Gasteiger partial charge on any atom is -0.478 e. The molecule has 0 aliphatic carbocycles. The van der Waals surface area contributed by atoms with Crippen molar-refractivity contribution in [3.05, 3.63) is 12.2 Å². The van der Waals surface area contributed by atoms with E-state index < -0.39 is 11.4 Å². The lowest BCUT2D eigenvalue weighted by atomic mass is 9.95. The van der Waals surface area contributed by atoms with Crippen molar-refractivity contribution in [2.45, 2.75) is 13.8 Å². The minimum absolute atomic E-state index is 0.176. The van der Waals surface area contributed by atoms with Crippen LogP contribution in [0.25, 0.3) is 0 Å². The maximum absolute atomic E-state index is 9.60. The second kappa shape index (κ2) is 7.49. The highest BCUT2D eigenvalue weighted by Crippen LogP contribution is 2.10. The molecule has 0 spiro atoms. The van der Waals surface area contributed by atoms with Gasteiger partial charge in [-0.25, -0.2) is 4.79 Å². The van der Waals surface area contributed by atoms with E-state index in [1.165, 1.54) is 6.92 Å². The highest BCUT2D eigenvalue weighted by atomic mass is 16.4. The lowest BCUT2D eigenvalue weighted by Gasteiger charge is -2.20. The van der Waals surface area contributed by atoms with E-state index in [0.29, 0.717) is 0 Å². The van der Waals surface area contributed by atoms with Crippen molar-refractivity contribution >= 4 is 5.97 Å². The molecule has 0 fully saturated rings. The van der Waals surface area contributed by atoms with E-state index in [0.717, 1.165) is 0 Å². The molecule has 0 aromatic heterocycles. The van der Waals surface area contributed by atoms with Crippen molar-refractivity contribution in [3.8, 4) is 0 Å². The van der Waals surface area contributed by atoms with Crippen LogP contribution in [0, 0.1) is 5.41 Å². The minimum atomic E-state index is -0.935. The van der Waals surface area contributed by atoms with Crippen LogP contribution in [0.1, 0.15) is 13.8 Å². The van der Waals surface area contributed by atoms with E-state index in [9.17, 15) is 4.79 Å². The zero-order valence-corrected chi connectivity index (χ0v) is 8.53. The van der Waals surface area contributed by atoms with Crippen LogP contribution < -0.4 is 0 Å². The number of carboxylic acid groups (broad SMARTS) is 1. The lowest BCUT2D eigenvalue weighted by molar-refractivity contribution is -0.132. The fraction of sp³-hybridized carbons (Fsp3) is 0.667. The van der Waals surface area contributed by atoms with Crippen LogP contribution in [-0.4, -0.2) is 46.2 Å². The van der Waals surface area contributed by atoms with Gasteiger partial charge in [-0.1, -0.05) is 13.5 Å². The summed E-state index contributed by atoms with van der Waals surface area (Å²) in [6, 6.07) is 0. The SMILES string of the molecule is C=C(C)C(=O)O.CC(CO)(CO)CO. The van der Waals surface area contributed by atoms with E-state index >= 15 is 0 Å². The van der Waals surface area contributed by atoms with Gasteiger partial charge in [-0.2, -0.15) is 0 Å². The molecule has 0 aliphatic rings. The fourth-order valence-corrected chi connectivity index (χ4v) is 0.150. The van der Waals surface area contributed by atoms with E-state index in [4.69, 9.17) is 20.4 Å². The molecule has 0 saturated heterocycles. The predicted octanol–water partition coefficient (Wildman–Crippen LogP) is -0.383. The Bertz CT molecular complexity index is 163. The van der Waals surface area contributed by atoms with Gasteiger partial charge >= 0.3 is 5.97 Å². The molecular weight excluding hydrogens is 188 g/mol. The van der Waals surface area contributed by atoms with Crippen molar-refractivity contribution < 1.29 is 25.2 Å². The van der Waals surface area contributed by atoms with E-state index in [-0.39, 0.29) is 25.4 Å². The smallest absolute Gasteiger partial charge is 0.330 e. The van der Waals surface area contributed by atoms with Gasteiger partial charge in [0, 0.05) is 11.0 Å². The Morgan fingerprint density at radius 2 is 1.43 bits per heavy atom. The van der Waals surface area contributed by atoms with Crippen molar-refractivity contribution in [1.82, 2.24) is 0 Å². The second-order valence-corrected chi connectivity index (χ2v) is 3.37. The molecule has 4 N–H and O–H groups in total. The van der Waals surface area contributed by atoms with Crippen molar-refractivity contribution in [1.29, 1.82) is 0 Å². The average molecular weight is 206 g/mol. The highest BCUT2D eigenvalue weighted by molar-refractivity contribution is 5.84. The molecule has 0 bridgehead atoms. The summed E-state index contributed by atoms with van der Waals surface area (Å²) in [5, 5.41) is 33.3. The summed E-state index contributed by atoms with van der Waals surface area (Å²) in [5.41, 5.74) is -0.532. The third-order valence-electron chi connectivity index (χ3n) is 1.51. The molecule has 5 heteroatoms. The van der Waals surface area contributed by atoms with Gasteiger partial charge in [-0.3, -0.25) is 0 Å². The molecule has 84 valence electrons. The molecule has 0 aliphatic heterocycles. The number of aliphatic hydroxyl groups is 3. The van der Waals surface area contributed by atoms with Gasteiger partial charge in [0.2, 0.25) is 0 Å². The van der Waals surface area contributed by atoms with Crippen LogP contribution in [0.4, 0.5) is 0 Å². The van der Waals surface area contributed by atoms with Gasteiger partial charge in [-0.05, 0) is 6.92 Å². The molecule has 0 aromatic rings. The fourth-order valence-electron chi connectivity index (χ4n) is 0.150. The van der Waals surface area contributed by atoms with E-state index in [1.807, 2.05) is 0 Å². The third-order valence-corrected chi connectivity index (χ3v) is 1.51. The summed E-state index contributed by atoms with van der Waals surface area (Å²) in [6.45, 7) is 5.66. The topological polar surface area (TPSA) is 98.0 Å². The first kappa shape index (κ1) is 15.6. The Morgan fingerprint density at radius 1 is 1.21 bits per heavy atom. The van der Waals surface area contributed by atoms with Crippen molar-refractivity contribution in [2.24, 2.45) is 5.41 Å². The normalized spacial score (nSPS) is 10.1.